The molecule has 1 aromatic rings. The maximum Gasteiger partial charge on any atom is 0.180 e. The van der Waals surface area contributed by atoms with Gasteiger partial charge in [0.2, 0.25) is 0 Å². The molecule has 0 bridgehead atoms. The van der Waals surface area contributed by atoms with E-state index in [0.717, 1.165) is 0 Å². The zero-order valence-corrected chi connectivity index (χ0v) is 6.14. The van der Waals surface area contributed by atoms with Crippen molar-refractivity contribution in [3.8, 4) is 0 Å². The van der Waals surface area contributed by atoms with Gasteiger partial charge in [-0.1, -0.05) is 15.9 Å². The molecule has 0 amide bonds. The molecular formula is C6H4BrO2. The molecule has 0 saturated heterocycles. The second-order valence-corrected chi connectivity index (χ2v) is 2.05. The first kappa shape index (κ1) is 6.55. The van der Waals surface area contributed by atoms with Crippen LogP contribution in [0.1, 0.15) is 10.4 Å². The van der Waals surface area contributed by atoms with Crippen molar-refractivity contribution in [1.82, 2.24) is 0 Å². The fourth-order valence-corrected chi connectivity index (χ4v) is 0.757. The molecule has 0 spiro atoms. The molecule has 1 heterocycles. The highest BCUT2D eigenvalue weighted by Gasteiger charge is 2.03. The van der Waals surface area contributed by atoms with Crippen LogP contribution < -0.4 is 0 Å². The molecule has 0 atom stereocenters. The molecule has 9 heavy (non-hydrogen) atoms. The van der Waals surface area contributed by atoms with Crippen LogP contribution in [0.3, 0.4) is 0 Å². The van der Waals surface area contributed by atoms with Crippen molar-refractivity contribution in [2.24, 2.45) is 0 Å². The molecular weight excluding hydrogens is 184 g/mol. The monoisotopic (exact) mass is 187 g/mol. The number of furan rings is 1. The molecule has 47 valence electrons. The van der Waals surface area contributed by atoms with Crippen LogP contribution in [-0.4, -0.2) is 11.1 Å². The molecule has 0 aliphatic heterocycles. The molecule has 0 aliphatic rings. The number of ketones is 1. The molecule has 0 aromatic carbocycles. The fourth-order valence-electron chi connectivity index (χ4n) is 0.455. The van der Waals surface area contributed by atoms with Gasteiger partial charge in [-0.2, -0.15) is 0 Å². The van der Waals surface area contributed by atoms with E-state index in [1.807, 2.05) is 0 Å². The topological polar surface area (TPSA) is 30.2 Å². The highest BCUT2D eigenvalue weighted by atomic mass is 79.9. The van der Waals surface area contributed by atoms with Crippen LogP contribution in [0, 0.1) is 6.26 Å². The first-order chi connectivity index (χ1) is 4.34. The van der Waals surface area contributed by atoms with Gasteiger partial charge in [0.1, 0.15) is 0 Å². The largest absolute Gasteiger partial charge is 0.460 e. The SMILES string of the molecule is O=C(CBr)c1[c]occ1. The maximum absolute atomic E-state index is 10.7. The standard InChI is InChI=1S/C6H4BrO2/c7-3-6(8)5-1-2-9-4-5/h1-2H,3H2. The Morgan fingerprint density at radius 3 is 3.11 bits per heavy atom. The molecule has 0 aliphatic carbocycles. The van der Waals surface area contributed by atoms with Crippen LogP contribution in [0.15, 0.2) is 16.7 Å². The van der Waals surface area contributed by atoms with Crippen molar-refractivity contribution in [3.05, 3.63) is 24.2 Å². The van der Waals surface area contributed by atoms with Crippen molar-refractivity contribution in [3.63, 3.8) is 0 Å². The smallest absolute Gasteiger partial charge is 0.180 e. The minimum absolute atomic E-state index is 0.0104. The van der Waals surface area contributed by atoms with E-state index in [2.05, 4.69) is 26.6 Å². The van der Waals surface area contributed by atoms with Gasteiger partial charge < -0.3 is 4.42 Å². The van der Waals surface area contributed by atoms with Gasteiger partial charge in [-0.25, -0.2) is 0 Å². The Morgan fingerprint density at radius 1 is 1.89 bits per heavy atom. The average Bonchev–Trinajstić information content (AvgIpc) is 2.37. The summed E-state index contributed by atoms with van der Waals surface area (Å²) in [5.41, 5.74) is 0.492. The third kappa shape index (κ3) is 1.42. The summed E-state index contributed by atoms with van der Waals surface area (Å²) in [6.45, 7) is 0. The molecule has 3 heteroatoms. The summed E-state index contributed by atoms with van der Waals surface area (Å²) in [5.74, 6) is -0.0104. The Kier molecular flexibility index (Phi) is 2.05. The normalized spacial score (nSPS) is 9.44. The minimum Gasteiger partial charge on any atom is -0.460 e. The van der Waals surface area contributed by atoms with Gasteiger partial charge in [0, 0.05) is 0 Å². The minimum atomic E-state index is -0.0104. The van der Waals surface area contributed by atoms with E-state index in [9.17, 15) is 4.79 Å². The lowest BCUT2D eigenvalue weighted by Gasteiger charge is -1.83. The van der Waals surface area contributed by atoms with Gasteiger partial charge in [0.15, 0.2) is 12.0 Å². The molecule has 0 N–H and O–H groups in total. The van der Waals surface area contributed by atoms with Gasteiger partial charge in [-0.15, -0.1) is 0 Å². The lowest BCUT2D eigenvalue weighted by molar-refractivity contribution is 0.102. The summed E-state index contributed by atoms with van der Waals surface area (Å²) in [5, 5.41) is 0.322. The highest BCUT2D eigenvalue weighted by Crippen LogP contribution is 2.01. The van der Waals surface area contributed by atoms with Gasteiger partial charge in [-0.05, 0) is 6.07 Å². The van der Waals surface area contributed by atoms with E-state index in [1.54, 1.807) is 6.07 Å². The van der Waals surface area contributed by atoms with Gasteiger partial charge in [0.25, 0.3) is 0 Å². The number of halogens is 1. The summed E-state index contributed by atoms with van der Waals surface area (Å²) in [6, 6.07) is 1.59. The molecule has 0 unspecified atom stereocenters. The second-order valence-electron chi connectivity index (χ2n) is 1.49. The Hall–Kier alpha value is -0.570. The summed E-state index contributed by atoms with van der Waals surface area (Å²) < 4.78 is 4.57. The first-order valence-electron chi connectivity index (χ1n) is 2.39. The van der Waals surface area contributed by atoms with E-state index >= 15 is 0 Å². The van der Waals surface area contributed by atoms with Crippen LogP contribution in [-0.2, 0) is 0 Å². The van der Waals surface area contributed by atoms with Crippen molar-refractivity contribution in [2.75, 3.05) is 5.33 Å². The van der Waals surface area contributed by atoms with E-state index in [0.29, 0.717) is 10.9 Å². The van der Waals surface area contributed by atoms with Crippen LogP contribution in [0.2, 0.25) is 0 Å². The van der Waals surface area contributed by atoms with Crippen molar-refractivity contribution in [1.29, 1.82) is 0 Å². The molecule has 0 saturated carbocycles. The summed E-state index contributed by atoms with van der Waals surface area (Å²) >= 11 is 3.02. The van der Waals surface area contributed by atoms with Gasteiger partial charge in [0.05, 0.1) is 17.2 Å². The molecule has 2 nitrogen and oxygen atoms in total. The molecule has 1 aromatic heterocycles. The predicted molar refractivity (Wildman–Crippen MR) is 35.7 cm³/mol. The summed E-state index contributed by atoms with van der Waals surface area (Å²) in [7, 11) is 0. The number of Topliss-reactive ketones (excluding diaryl/α,β-unsaturated/α-hetero) is 1. The van der Waals surface area contributed by atoms with E-state index in [1.165, 1.54) is 6.26 Å². The summed E-state index contributed by atoms with van der Waals surface area (Å²) in [6.07, 6.45) is 3.86. The zero-order chi connectivity index (χ0) is 6.69. The van der Waals surface area contributed by atoms with Crippen molar-refractivity contribution in [2.45, 2.75) is 0 Å². The Balaban J connectivity index is 2.77. The van der Waals surface area contributed by atoms with E-state index < -0.39 is 0 Å². The Morgan fingerprint density at radius 2 is 2.67 bits per heavy atom. The number of rotatable bonds is 2. The lowest BCUT2D eigenvalue weighted by Crippen LogP contribution is -1.96. The predicted octanol–water partition coefficient (Wildman–Crippen LogP) is 1.66. The van der Waals surface area contributed by atoms with Gasteiger partial charge >= 0.3 is 0 Å². The van der Waals surface area contributed by atoms with Crippen LogP contribution >= 0.6 is 15.9 Å². The molecule has 1 rings (SSSR count). The number of hydrogen-bond donors (Lipinski definition) is 0. The Labute approximate surface area is 61.0 Å². The van der Waals surface area contributed by atoms with Crippen LogP contribution in [0.25, 0.3) is 0 Å². The van der Waals surface area contributed by atoms with Crippen molar-refractivity contribution < 1.29 is 9.21 Å². The summed E-state index contributed by atoms with van der Waals surface area (Å²) in [4.78, 5) is 10.7. The van der Waals surface area contributed by atoms with Crippen LogP contribution in [0.5, 0.6) is 0 Å². The molecule has 1 radical (unpaired) electrons. The van der Waals surface area contributed by atoms with Gasteiger partial charge in [-0.3, -0.25) is 4.79 Å². The highest BCUT2D eigenvalue weighted by molar-refractivity contribution is 9.09. The fraction of sp³-hybridized carbons (Fsp3) is 0.167. The van der Waals surface area contributed by atoms with E-state index in [4.69, 9.17) is 0 Å². The first-order valence-corrected chi connectivity index (χ1v) is 3.51. The van der Waals surface area contributed by atoms with Crippen molar-refractivity contribution >= 4 is 21.7 Å². The molecule has 0 fully saturated rings. The maximum atomic E-state index is 10.7. The second kappa shape index (κ2) is 2.82. The zero-order valence-electron chi connectivity index (χ0n) is 4.56. The Bertz CT molecular complexity index is 191. The van der Waals surface area contributed by atoms with E-state index in [-0.39, 0.29) is 5.78 Å². The average molecular weight is 188 g/mol. The third-order valence-electron chi connectivity index (χ3n) is 0.893. The quantitative estimate of drug-likeness (QED) is 0.521. The number of hydrogen-bond acceptors (Lipinski definition) is 2. The number of carbonyl (C=O) groups is 1. The van der Waals surface area contributed by atoms with Crippen LogP contribution in [0.4, 0.5) is 0 Å². The third-order valence-corrected chi connectivity index (χ3v) is 1.40. The number of alkyl halides is 1. The number of carbonyl (C=O) groups excluding carboxylic acids is 1. The lowest BCUT2D eigenvalue weighted by atomic mass is 10.2.